The molecule has 0 spiro atoms. The molecule has 0 aliphatic heterocycles. The van der Waals surface area contributed by atoms with E-state index < -0.39 is 10.0 Å². The Morgan fingerprint density at radius 3 is 2.88 bits per heavy atom. The van der Waals surface area contributed by atoms with Gasteiger partial charge in [-0.15, -0.1) is 0 Å². The zero-order valence-corrected chi connectivity index (χ0v) is 14.8. The van der Waals surface area contributed by atoms with Gasteiger partial charge in [-0.3, -0.25) is 4.40 Å². The van der Waals surface area contributed by atoms with E-state index in [2.05, 4.69) is 31.0 Å². The van der Waals surface area contributed by atoms with Crippen LogP contribution < -0.4 is 4.72 Å². The molecule has 0 amide bonds. The summed E-state index contributed by atoms with van der Waals surface area (Å²) in [5, 5.41) is -0.164. The number of H-pyrrole nitrogens is 1. The van der Waals surface area contributed by atoms with E-state index >= 15 is 0 Å². The van der Waals surface area contributed by atoms with E-state index in [1.54, 1.807) is 6.20 Å². The Labute approximate surface area is 145 Å². The molecule has 2 aliphatic rings. The van der Waals surface area contributed by atoms with Gasteiger partial charge in [-0.25, -0.2) is 23.1 Å². The lowest BCUT2D eigenvalue weighted by Gasteiger charge is -2.15. The molecule has 3 aromatic rings. The molecule has 1 unspecified atom stereocenters. The Kier molecular flexibility index (Phi) is 3.24. The van der Waals surface area contributed by atoms with E-state index in [0.717, 1.165) is 48.2 Å². The van der Waals surface area contributed by atoms with Crippen molar-refractivity contribution in [3.05, 3.63) is 30.4 Å². The highest BCUT2D eigenvalue weighted by Gasteiger charge is 2.41. The van der Waals surface area contributed by atoms with Gasteiger partial charge < -0.3 is 4.98 Å². The second-order valence-electron chi connectivity index (χ2n) is 7.46. The van der Waals surface area contributed by atoms with Crippen LogP contribution >= 0.6 is 0 Å². The van der Waals surface area contributed by atoms with Crippen LogP contribution in [0, 0.1) is 5.92 Å². The highest BCUT2D eigenvalue weighted by Crippen LogP contribution is 2.41. The topological polar surface area (TPSA) is 92.2 Å². The first-order valence-corrected chi connectivity index (χ1v) is 10.4. The zero-order valence-electron chi connectivity index (χ0n) is 14.0. The van der Waals surface area contributed by atoms with Crippen LogP contribution in [0.25, 0.3) is 16.8 Å². The van der Waals surface area contributed by atoms with E-state index in [1.807, 2.05) is 18.5 Å². The number of nitrogens with zero attached hydrogens (tertiary/aromatic N) is 3. The Morgan fingerprint density at radius 1 is 1.24 bits per heavy atom. The van der Waals surface area contributed by atoms with E-state index in [4.69, 9.17) is 0 Å². The zero-order chi connectivity index (χ0) is 17.2. The third-order valence-corrected chi connectivity index (χ3v) is 7.64. The molecule has 2 N–H and O–H groups in total. The van der Waals surface area contributed by atoms with Gasteiger partial charge in [0.15, 0.2) is 11.3 Å². The number of sulfonamides is 1. The number of aromatic nitrogens is 4. The molecule has 0 saturated heterocycles. The van der Waals surface area contributed by atoms with Gasteiger partial charge in [0.1, 0.15) is 0 Å². The molecular weight excluding hydrogens is 338 g/mol. The van der Waals surface area contributed by atoms with Gasteiger partial charge in [0, 0.05) is 30.0 Å². The molecule has 2 saturated carbocycles. The van der Waals surface area contributed by atoms with Crippen molar-refractivity contribution in [1.82, 2.24) is 24.1 Å². The average molecular weight is 359 g/mol. The molecule has 0 radical (unpaired) electrons. The number of nitrogens with one attached hydrogen (secondary N) is 2. The molecule has 132 valence electrons. The van der Waals surface area contributed by atoms with Gasteiger partial charge in [-0.2, -0.15) is 0 Å². The fraction of sp³-hybridized carbons (Fsp3) is 0.529. The summed E-state index contributed by atoms with van der Waals surface area (Å²) in [6, 6.07) is 2.02. The van der Waals surface area contributed by atoms with Crippen LogP contribution in [0.15, 0.2) is 24.7 Å². The fourth-order valence-electron chi connectivity index (χ4n) is 4.22. The number of fused-ring (bicyclic) bond motifs is 3. The van der Waals surface area contributed by atoms with Gasteiger partial charge in [0.25, 0.3) is 0 Å². The summed E-state index contributed by atoms with van der Waals surface area (Å²) in [6.45, 7) is 2.20. The molecule has 2 aliphatic carbocycles. The number of hydrogen-bond acceptors (Lipinski definition) is 4. The van der Waals surface area contributed by atoms with Crippen molar-refractivity contribution in [3.8, 4) is 0 Å². The van der Waals surface area contributed by atoms with Crippen molar-refractivity contribution < 1.29 is 8.42 Å². The summed E-state index contributed by atoms with van der Waals surface area (Å²) in [7, 11) is -3.14. The molecule has 25 heavy (non-hydrogen) atoms. The minimum absolute atomic E-state index is 0.0136. The monoisotopic (exact) mass is 359 g/mol. The van der Waals surface area contributed by atoms with Crippen LogP contribution in [0.3, 0.4) is 0 Å². The molecule has 0 aromatic carbocycles. The largest absolute Gasteiger partial charge is 0.345 e. The summed E-state index contributed by atoms with van der Waals surface area (Å²) < 4.78 is 29.6. The molecule has 7 nitrogen and oxygen atoms in total. The summed E-state index contributed by atoms with van der Waals surface area (Å²) in [5.74, 6) is 0.677. The highest BCUT2D eigenvalue weighted by atomic mass is 32.2. The molecule has 8 heteroatoms. The van der Waals surface area contributed by atoms with Crippen LogP contribution in [-0.4, -0.2) is 39.1 Å². The van der Waals surface area contributed by atoms with E-state index in [0.29, 0.717) is 5.92 Å². The van der Waals surface area contributed by atoms with Crippen LogP contribution in [0.1, 0.15) is 44.2 Å². The SMILES string of the molecule is C[C@@H]1C[C@H](NS(=O)(=O)C2CC2)CC1c1cnc2cnc3[nH]ccc3n12. The lowest BCUT2D eigenvalue weighted by Crippen LogP contribution is -2.35. The van der Waals surface area contributed by atoms with E-state index in [-0.39, 0.29) is 17.2 Å². The van der Waals surface area contributed by atoms with Gasteiger partial charge in [0.05, 0.1) is 17.0 Å². The minimum atomic E-state index is -3.14. The van der Waals surface area contributed by atoms with E-state index in [9.17, 15) is 8.42 Å². The first-order valence-electron chi connectivity index (χ1n) is 8.83. The first kappa shape index (κ1) is 15.3. The summed E-state index contributed by atoms with van der Waals surface area (Å²) in [6.07, 6.45) is 8.85. The number of hydrogen-bond donors (Lipinski definition) is 2. The normalized spacial score (nSPS) is 27.5. The molecular formula is C17H21N5O2S. The highest BCUT2D eigenvalue weighted by molar-refractivity contribution is 7.90. The Hall–Kier alpha value is -1.93. The van der Waals surface area contributed by atoms with Crippen molar-refractivity contribution in [2.24, 2.45) is 5.92 Å². The Balaban J connectivity index is 1.49. The van der Waals surface area contributed by atoms with E-state index in [1.165, 1.54) is 0 Å². The molecule has 2 fully saturated rings. The maximum absolute atomic E-state index is 12.3. The quantitative estimate of drug-likeness (QED) is 0.747. The second kappa shape index (κ2) is 5.28. The first-order chi connectivity index (χ1) is 12.0. The Morgan fingerprint density at radius 2 is 2.08 bits per heavy atom. The predicted octanol–water partition coefficient (Wildman–Crippen LogP) is 2.17. The average Bonchev–Trinajstić information content (AvgIpc) is 3.03. The molecule has 5 rings (SSSR count). The number of rotatable bonds is 4. The second-order valence-corrected chi connectivity index (χ2v) is 9.45. The van der Waals surface area contributed by atoms with Crippen LogP contribution in [-0.2, 0) is 10.0 Å². The third-order valence-electron chi connectivity index (χ3n) is 5.63. The number of imidazole rings is 1. The molecule has 3 heterocycles. The predicted molar refractivity (Wildman–Crippen MR) is 94.8 cm³/mol. The maximum Gasteiger partial charge on any atom is 0.214 e. The smallest absolute Gasteiger partial charge is 0.214 e. The third kappa shape index (κ3) is 2.46. The van der Waals surface area contributed by atoms with Crippen molar-refractivity contribution in [3.63, 3.8) is 0 Å². The van der Waals surface area contributed by atoms with Gasteiger partial charge in [0.2, 0.25) is 10.0 Å². The van der Waals surface area contributed by atoms with Crippen molar-refractivity contribution in [2.75, 3.05) is 0 Å². The minimum Gasteiger partial charge on any atom is -0.345 e. The lowest BCUT2D eigenvalue weighted by atomic mass is 9.95. The lowest BCUT2D eigenvalue weighted by molar-refractivity contribution is 0.517. The van der Waals surface area contributed by atoms with Crippen LogP contribution in [0.4, 0.5) is 0 Å². The fourth-order valence-corrected chi connectivity index (χ4v) is 5.82. The standard InChI is InChI=1S/C17H21N5O2S/c1-10-6-11(21-25(23,24)12-2-3-12)7-13(10)15-8-19-16-9-20-17-14(22(15)16)4-5-18-17/h4-5,8-13,18,21H,2-3,6-7H2,1H3/t10-,11+,13?/m1/s1. The summed E-state index contributed by atoms with van der Waals surface area (Å²) >= 11 is 0. The van der Waals surface area contributed by atoms with Crippen molar-refractivity contribution in [2.45, 2.75) is 49.8 Å². The maximum atomic E-state index is 12.3. The molecule has 3 atom stereocenters. The van der Waals surface area contributed by atoms with Crippen molar-refractivity contribution in [1.29, 1.82) is 0 Å². The van der Waals surface area contributed by atoms with Crippen LogP contribution in [0.5, 0.6) is 0 Å². The molecule has 0 bridgehead atoms. The van der Waals surface area contributed by atoms with Crippen LogP contribution in [0.2, 0.25) is 0 Å². The summed E-state index contributed by atoms with van der Waals surface area (Å²) in [5.41, 5.74) is 3.82. The van der Waals surface area contributed by atoms with Crippen molar-refractivity contribution >= 4 is 26.8 Å². The van der Waals surface area contributed by atoms with Gasteiger partial charge in [-0.05, 0) is 37.7 Å². The summed E-state index contributed by atoms with van der Waals surface area (Å²) in [4.78, 5) is 12.0. The van der Waals surface area contributed by atoms with Gasteiger partial charge >= 0.3 is 0 Å². The Bertz CT molecular complexity index is 1050. The molecule has 3 aromatic heterocycles. The van der Waals surface area contributed by atoms with Gasteiger partial charge in [-0.1, -0.05) is 6.92 Å². The number of aromatic amines is 1.